The summed E-state index contributed by atoms with van der Waals surface area (Å²) in [4.78, 5) is 28.9. The molecule has 4 rings (SSSR count). The van der Waals surface area contributed by atoms with Crippen LogP contribution >= 0.6 is 12.4 Å². The van der Waals surface area contributed by atoms with E-state index in [9.17, 15) is 9.59 Å². The molecule has 0 aromatic heterocycles. The highest BCUT2D eigenvalue weighted by atomic mass is 35.5. The molecule has 0 saturated carbocycles. The Morgan fingerprint density at radius 1 is 0.966 bits per heavy atom. The molecule has 2 aliphatic rings. The van der Waals surface area contributed by atoms with Crippen LogP contribution in [-0.4, -0.2) is 49.3 Å². The van der Waals surface area contributed by atoms with E-state index < -0.39 is 0 Å². The number of piperazine rings is 1. The van der Waals surface area contributed by atoms with Crippen LogP contribution in [0.1, 0.15) is 35.2 Å². The molecule has 0 radical (unpaired) electrons. The Labute approximate surface area is 178 Å². The van der Waals surface area contributed by atoms with Crippen LogP contribution in [-0.2, 0) is 11.2 Å². The molecule has 0 aliphatic carbocycles. The minimum Gasteiger partial charge on any atom is -0.369 e. The number of nitrogens with one attached hydrogen (secondary N) is 1. The number of amides is 1. The van der Waals surface area contributed by atoms with Crippen molar-refractivity contribution in [3.63, 3.8) is 0 Å². The predicted octanol–water partition coefficient (Wildman–Crippen LogP) is 3.78. The molecule has 2 heterocycles. The van der Waals surface area contributed by atoms with Crippen molar-refractivity contribution in [3.8, 4) is 0 Å². The fraction of sp³-hybridized carbons (Fsp3) is 0.391. The van der Waals surface area contributed by atoms with Crippen molar-refractivity contribution >= 4 is 35.5 Å². The minimum atomic E-state index is 0. The topological polar surface area (TPSA) is 52.7 Å². The Kier molecular flexibility index (Phi) is 7.29. The standard InChI is InChI=1S/C23H27N3O2.ClH/c27-22(19-8-10-21-18(17-19)9-11-23(28)24-21)7-4-12-25-13-15-26(16-14-25)20-5-2-1-3-6-20;/h1-3,5-6,8,10,17H,4,7,9,11-16H2,(H,24,28);1H. The number of aryl methyl sites for hydroxylation is 1. The van der Waals surface area contributed by atoms with Crippen LogP contribution in [0.25, 0.3) is 0 Å². The molecule has 5 nitrogen and oxygen atoms in total. The number of hydrogen-bond donors (Lipinski definition) is 1. The molecule has 0 spiro atoms. The highest BCUT2D eigenvalue weighted by molar-refractivity contribution is 5.98. The molecule has 2 aromatic carbocycles. The number of carbonyl (C=O) groups excluding carboxylic acids is 2. The molecule has 0 atom stereocenters. The van der Waals surface area contributed by atoms with E-state index in [4.69, 9.17) is 0 Å². The fourth-order valence-corrected chi connectivity index (χ4v) is 4.03. The third-order valence-corrected chi connectivity index (χ3v) is 5.69. The van der Waals surface area contributed by atoms with Gasteiger partial charge in [-0.1, -0.05) is 18.2 Å². The van der Waals surface area contributed by atoms with Crippen LogP contribution in [0.4, 0.5) is 11.4 Å². The summed E-state index contributed by atoms with van der Waals surface area (Å²) in [6.45, 7) is 5.13. The molecule has 6 heteroatoms. The molecular formula is C23H28ClN3O2. The van der Waals surface area contributed by atoms with E-state index in [1.807, 2.05) is 18.2 Å². The molecule has 1 fully saturated rings. The van der Waals surface area contributed by atoms with Gasteiger partial charge in [-0.25, -0.2) is 0 Å². The largest absolute Gasteiger partial charge is 0.369 e. The molecule has 1 amide bonds. The highest BCUT2D eigenvalue weighted by Crippen LogP contribution is 2.24. The molecule has 2 aromatic rings. The molecular weight excluding hydrogens is 386 g/mol. The van der Waals surface area contributed by atoms with Gasteiger partial charge in [-0.2, -0.15) is 0 Å². The van der Waals surface area contributed by atoms with Gasteiger partial charge in [-0.05, 0) is 55.3 Å². The van der Waals surface area contributed by atoms with E-state index in [0.717, 1.165) is 56.0 Å². The second-order valence-electron chi connectivity index (χ2n) is 7.61. The average Bonchev–Trinajstić information content (AvgIpc) is 2.74. The van der Waals surface area contributed by atoms with Gasteiger partial charge in [0.1, 0.15) is 0 Å². The van der Waals surface area contributed by atoms with Gasteiger partial charge in [-0.3, -0.25) is 14.5 Å². The van der Waals surface area contributed by atoms with Crippen LogP contribution in [0.15, 0.2) is 48.5 Å². The number of halogens is 1. The minimum absolute atomic E-state index is 0. The van der Waals surface area contributed by atoms with Crippen molar-refractivity contribution in [1.82, 2.24) is 4.90 Å². The van der Waals surface area contributed by atoms with E-state index in [1.54, 1.807) is 0 Å². The lowest BCUT2D eigenvalue weighted by molar-refractivity contribution is -0.116. The molecule has 0 unspecified atom stereocenters. The van der Waals surface area contributed by atoms with Crippen LogP contribution in [0.2, 0.25) is 0 Å². The van der Waals surface area contributed by atoms with Crippen LogP contribution < -0.4 is 10.2 Å². The third kappa shape index (κ3) is 5.37. The van der Waals surface area contributed by atoms with Crippen LogP contribution in [0.5, 0.6) is 0 Å². The maximum Gasteiger partial charge on any atom is 0.224 e. The normalized spacial score (nSPS) is 16.6. The van der Waals surface area contributed by atoms with E-state index in [0.29, 0.717) is 19.3 Å². The number of anilines is 2. The number of hydrogen-bond acceptors (Lipinski definition) is 4. The average molecular weight is 414 g/mol. The maximum absolute atomic E-state index is 12.6. The summed E-state index contributed by atoms with van der Waals surface area (Å²) in [7, 11) is 0. The summed E-state index contributed by atoms with van der Waals surface area (Å²) in [6.07, 6.45) is 2.68. The molecule has 1 N–H and O–H groups in total. The zero-order valence-electron chi connectivity index (χ0n) is 16.6. The Morgan fingerprint density at radius 3 is 2.48 bits per heavy atom. The van der Waals surface area contributed by atoms with Crippen molar-refractivity contribution in [2.24, 2.45) is 0 Å². The first-order valence-electron chi connectivity index (χ1n) is 10.2. The second kappa shape index (κ2) is 9.90. The lowest BCUT2D eigenvalue weighted by Gasteiger charge is -2.36. The number of para-hydroxylation sites is 1. The summed E-state index contributed by atoms with van der Waals surface area (Å²) >= 11 is 0. The number of ketones is 1. The molecule has 1 saturated heterocycles. The number of rotatable bonds is 6. The summed E-state index contributed by atoms with van der Waals surface area (Å²) in [5.74, 6) is 0.251. The lowest BCUT2D eigenvalue weighted by atomic mass is 9.97. The SMILES string of the molecule is Cl.O=C1CCc2cc(C(=O)CCCN3CCN(c4ccccc4)CC3)ccc2N1. The van der Waals surface area contributed by atoms with Crippen molar-refractivity contribution < 1.29 is 9.59 Å². The summed E-state index contributed by atoms with van der Waals surface area (Å²) < 4.78 is 0. The van der Waals surface area contributed by atoms with Gasteiger partial charge in [0.25, 0.3) is 0 Å². The van der Waals surface area contributed by atoms with Gasteiger partial charge in [0.05, 0.1) is 0 Å². The third-order valence-electron chi connectivity index (χ3n) is 5.69. The van der Waals surface area contributed by atoms with Crippen molar-refractivity contribution in [3.05, 3.63) is 59.7 Å². The van der Waals surface area contributed by atoms with Gasteiger partial charge in [0.15, 0.2) is 5.78 Å². The Balaban J connectivity index is 0.00000240. The van der Waals surface area contributed by atoms with Crippen molar-refractivity contribution in [1.29, 1.82) is 0 Å². The zero-order valence-corrected chi connectivity index (χ0v) is 17.4. The first-order chi connectivity index (χ1) is 13.7. The quantitative estimate of drug-likeness (QED) is 0.732. The lowest BCUT2D eigenvalue weighted by Crippen LogP contribution is -2.46. The fourth-order valence-electron chi connectivity index (χ4n) is 4.03. The van der Waals surface area contributed by atoms with Gasteiger partial charge in [0, 0.05) is 56.0 Å². The van der Waals surface area contributed by atoms with Gasteiger partial charge < -0.3 is 10.2 Å². The van der Waals surface area contributed by atoms with E-state index >= 15 is 0 Å². The summed E-state index contributed by atoms with van der Waals surface area (Å²) in [5.41, 5.74) is 3.98. The molecule has 0 bridgehead atoms. The van der Waals surface area contributed by atoms with Crippen molar-refractivity contribution in [2.75, 3.05) is 42.9 Å². The summed E-state index contributed by atoms with van der Waals surface area (Å²) in [6, 6.07) is 16.2. The second-order valence-corrected chi connectivity index (χ2v) is 7.61. The van der Waals surface area contributed by atoms with Crippen LogP contribution in [0, 0.1) is 0 Å². The first-order valence-corrected chi connectivity index (χ1v) is 10.2. The monoisotopic (exact) mass is 413 g/mol. The van der Waals surface area contributed by atoms with Gasteiger partial charge >= 0.3 is 0 Å². The number of carbonyl (C=O) groups is 2. The van der Waals surface area contributed by atoms with Gasteiger partial charge in [-0.15, -0.1) is 12.4 Å². The Morgan fingerprint density at radius 2 is 1.72 bits per heavy atom. The number of nitrogens with zero attached hydrogens (tertiary/aromatic N) is 2. The van der Waals surface area contributed by atoms with Crippen molar-refractivity contribution in [2.45, 2.75) is 25.7 Å². The Hall–Kier alpha value is -2.37. The Bertz CT molecular complexity index is 848. The van der Waals surface area contributed by atoms with Gasteiger partial charge in [0.2, 0.25) is 5.91 Å². The number of fused-ring (bicyclic) bond motifs is 1. The van der Waals surface area contributed by atoms with Crippen LogP contribution in [0.3, 0.4) is 0 Å². The molecule has 154 valence electrons. The molecule has 2 aliphatic heterocycles. The van der Waals surface area contributed by atoms with E-state index in [1.165, 1.54) is 5.69 Å². The zero-order chi connectivity index (χ0) is 19.3. The van der Waals surface area contributed by atoms with E-state index in [-0.39, 0.29) is 24.1 Å². The smallest absolute Gasteiger partial charge is 0.224 e. The summed E-state index contributed by atoms with van der Waals surface area (Å²) in [5, 5.41) is 2.87. The predicted molar refractivity (Wildman–Crippen MR) is 119 cm³/mol. The number of benzene rings is 2. The maximum atomic E-state index is 12.6. The highest BCUT2D eigenvalue weighted by Gasteiger charge is 2.18. The first kappa shape index (κ1) is 21.3. The molecule has 29 heavy (non-hydrogen) atoms. The van der Waals surface area contributed by atoms with E-state index in [2.05, 4.69) is 45.4 Å². The number of Topliss-reactive ketones (excluding diaryl/α,β-unsaturated/α-hetero) is 1.